The van der Waals surface area contributed by atoms with Gasteiger partial charge in [0.1, 0.15) is 5.82 Å². The Kier molecular flexibility index (Phi) is 2.85. The van der Waals surface area contributed by atoms with Crippen molar-refractivity contribution in [3.63, 3.8) is 0 Å². The van der Waals surface area contributed by atoms with Crippen LogP contribution in [0.4, 0.5) is 4.39 Å². The minimum Gasteiger partial charge on any atom is -0.207 e. The minimum absolute atomic E-state index is 0.0791. The summed E-state index contributed by atoms with van der Waals surface area (Å²) in [7, 11) is 0. The zero-order valence-corrected chi connectivity index (χ0v) is 8.72. The average Bonchev–Trinajstić information content (AvgIpc) is 2.23. The van der Waals surface area contributed by atoms with Gasteiger partial charge in [-0.3, -0.25) is 0 Å². The zero-order valence-electron chi connectivity index (χ0n) is 8.72. The Morgan fingerprint density at radius 3 is 2.50 bits per heavy atom. The van der Waals surface area contributed by atoms with Gasteiger partial charge in [0, 0.05) is 0 Å². The second kappa shape index (κ2) is 4.12. The van der Waals surface area contributed by atoms with Crippen molar-refractivity contribution in [3.8, 4) is 0 Å². The molecule has 1 saturated carbocycles. The van der Waals surface area contributed by atoms with Crippen molar-refractivity contribution < 1.29 is 4.39 Å². The van der Waals surface area contributed by atoms with Gasteiger partial charge in [0.2, 0.25) is 0 Å². The molecule has 1 aromatic carbocycles. The molecule has 1 fully saturated rings. The van der Waals surface area contributed by atoms with Crippen molar-refractivity contribution in [2.75, 3.05) is 0 Å². The molecule has 14 heavy (non-hydrogen) atoms. The molecule has 0 aliphatic heterocycles. The molecule has 0 N–H and O–H groups in total. The largest absolute Gasteiger partial charge is 0.207 e. The predicted molar refractivity (Wildman–Crippen MR) is 57.0 cm³/mol. The third-order valence-electron chi connectivity index (χ3n) is 3.26. The highest BCUT2D eigenvalue weighted by atomic mass is 19.1. The minimum atomic E-state index is -0.0791. The van der Waals surface area contributed by atoms with E-state index in [1.165, 1.54) is 37.7 Å². The normalized spacial score (nSPS) is 18.4. The molecule has 1 aliphatic rings. The third-order valence-corrected chi connectivity index (χ3v) is 3.26. The van der Waals surface area contributed by atoms with E-state index in [1.807, 2.05) is 19.1 Å². The van der Waals surface area contributed by atoms with Gasteiger partial charge in [-0.05, 0) is 42.9 Å². The molecule has 0 nitrogen and oxygen atoms in total. The molecule has 0 amide bonds. The van der Waals surface area contributed by atoms with Gasteiger partial charge in [-0.1, -0.05) is 31.4 Å². The fraction of sp³-hybridized carbons (Fsp3) is 0.538. The predicted octanol–water partition coefficient (Wildman–Crippen LogP) is 4.18. The van der Waals surface area contributed by atoms with Crippen molar-refractivity contribution in [1.29, 1.82) is 0 Å². The Hall–Kier alpha value is -0.850. The van der Waals surface area contributed by atoms with Crippen LogP contribution in [0.15, 0.2) is 18.2 Å². The van der Waals surface area contributed by atoms with Crippen molar-refractivity contribution in [2.24, 2.45) is 0 Å². The number of rotatable bonds is 1. The summed E-state index contributed by atoms with van der Waals surface area (Å²) in [6.45, 7) is 1.85. The molecule has 0 spiro atoms. The van der Waals surface area contributed by atoms with Gasteiger partial charge in [0.05, 0.1) is 0 Å². The molecule has 1 heteroatoms. The van der Waals surface area contributed by atoms with Crippen LogP contribution >= 0.6 is 0 Å². The third kappa shape index (κ3) is 1.97. The van der Waals surface area contributed by atoms with Crippen molar-refractivity contribution >= 4 is 0 Å². The summed E-state index contributed by atoms with van der Waals surface area (Å²) in [5, 5.41) is 0. The van der Waals surface area contributed by atoms with E-state index in [4.69, 9.17) is 0 Å². The maximum atomic E-state index is 13.1. The Balaban J connectivity index is 2.18. The van der Waals surface area contributed by atoms with Gasteiger partial charge in [0.15, 0.2) is 0 Å². The first-order valence-electron chi connectivity index (χ1n) is 5.53. The van der Waals surface area contributed by atoms with Crippen LogP contribution in [0.2, 0.25) is 0 Å². The second-order valence-corrected chi connectivity index (χ2v) is 4.34. The first kappa shape index (κ1) is 9.70. The summed E-state index contributed by atoms with van der Waals surface area (Å²) < 4.78 is 13.1. The molecule has 0 unspecified atom stereocenters. The summed E-state index contributed by atoms with van der Waals surface area (Å²) >= 11 is 0. The summed E-state index contributed by atoms with van der Waals surface area (Å²) in [6, 6.07) is 5.59. The van der Waals surface area contributed by atoms with Crippen molar-refractivity contribution in [1.82, 2.24) is 0 Å². The topological polar surface area (TPSA) is 0 Å². The monoisotopic (exact) mass is 192 g/mol. The Labute approximate surface area is 85.1 Å². The highest BCUT2D eigenvalue weighted by Gasteiger charge is 2.15. The second-order valence-electron chi connectivity index (χ2n) is 4.34. The molecular weight excluding hydrogens is 175 g/mol. The highest BCUT2D eigenvalue weighted by Crippen LogP contribution is 2.33. The first-order chi connectivity index (χ1) is 6.77. The van der Waals surface area contributed by atoms with Gasteiger partial charge in [-0.25, -0.2) is 4.39 Å². The van der Waals surface area contributed by atoms with Crippen LogP contribution in [0.25, 0.3) is 0 Å². The Bertz CT molecular complexity index is 311. The SMILES string of the molecule is Cc1cc(C2CCCCC2)ccc1F. The lowest BCUT2D eigenvalue weighted by Gasteiger charge is -2.22. The Morgan fingerprint density at radius 2 is 1.86 bits per heavy atom. The zero-order chi connectivity index (χ0) is 9.97. The molecule has 76 valence electrons. The number of benzene rings is 1. The lowest BCUT2D eigenvalue weighted by atomic mass is 9.84. The molecular formula is C13H17F. The van der Waals surface area contributed by atoms with Gasteiger partial charge < -0.3 is 0 Å². The molecule has 1 aromatic rings. The first-order valence-corrected chi connectivity index (χ1v) is 5.53. The van der Waals surface area contributed by atoms with Crippen molar-refractivity contribution in [2.45, 2.75) is 44.9 Å². The van der Waals surface area contributed by atoms with E-state index >= 15 is 0 Å². The molecule has 0 atom stereocenters. The molecule has 0 radical (unpaired) electrons. The molecule has 1 aliphatic carbocycles. The van der Waals surface area contributed by atoms with E-state index < -0.39 is 0 Å². The van der Waals surface area contributed by atoms with E-state index in [9.17, 15) is 4.39 Å². The van der Waals surface area contributed by atoms with E-state index in [0.717, 1.165) is 5.56 Å². The number of aryl methyl sites for hydroxylation is 1. The van der Waals surface area contributed by atoms with Crippen LogP contribution in [-0.4, -0.2) is 0 Å². The van der Waals surface area contributed by atoms with Crippen molar-refractivity contribution in [3.05, 3.63) is 35.1 Å². The smallest absolute Gasteiger partial charge is 0.126 e. The number of hydrogen-bond acceptors (Lipinski definition) is 0. The molecule has 0 aromatic heterocycles. The maximum Gasteiger partial charge on any atom is 0.126 e. The van der Waals surface area contributed by atoms with Crippen LogP contribution in [0.5, 0.6) is 0 Å². The van der Waals surface area contributed by atoms with Gasteiger partial charge >= 0.3 is 0 Å². The van der Waals surface area contributed by atoms with Crippen LogP contribution in [0.1, 0.15) is 49.1 Å². The van der Waals surface area contributed by atoms with Crippen LogP contribution in [0.3, 0.4) is 0 Å². The molecule has 2 rings (SSSR count). The fourth-order valence-corrected chi connectivity index (χ4v) is 2.36. The highest BCUT2D eigenvalue weighted by molar-refractivity contribution is 5.27. The lowest BCUT2D eigenvalue weighted by molar-refractivity contribution is 0.443. The summed E-state index contributed by atoms with van der Waals surface area (Å²) in [4.78, 5) is 0. The van der Waals surface area contributed by atoms with E-state index in [2.05, 4.69) is 0 Å². The van der Waals surface area contributed by atoms with Crippen LogP contribution < -0.4 is 0 Å². The number of hydrogen-bond donors (Lipinski definition) is 0. The molecule has 0 bridgehead atoms. The van der Waals surface area contributed by atoms with E-state index in [0.29, 0.717) is 5.92 Å². The quantitative estimate of drug-likeness (QED) is 0.626. The number of halogens is 1. The van der Waals surface area contributed by atoms with Gasteiger partial charge in [-0.2, -0.15) is 0 Å². The van der Waals surface area contributed by atoms with Crippen LogP contribution in [0, 0.1) is 12.7 Å². The molecule has 0 heterocycles. The maximum absolute atomic E-state index is 13.1. The van der Waals surface area contributed by atoms with Gasteiger partial charge in [0.25, 0.3) is 0 Å². The lowest BCUT2D eigenvalue weighted by Crippen LogP contribution is -2.04. The van der Waals surface area contributed by atoms with E-state index in [-0.39, 0.29) is 5.82 Å². The van der Waals surface area contributed by atoms with E-state index in [1.54, 1.807) is 6.07 Å². The summed E-state index contributed by atoms with van der Waals surface area (Å²) in [5.41, 5.74) is 2.12. The van der Waals surface area contributed by atoms with Crippen LogP contribution in [-0.2, 0) is 0 Å². The molecule has 0 saturated heterocycles. The Morgan fingerprint density at radius 1 is 1.14 bits per heavy atom. The summed E-state index contributed by atoms with van der Waals surface area (Å²) in [6.07, 6.45) is 6.61. The standard InChI is InChI=1S/C13H17F/c1-10-9-12(7-8-13(10)14)11-5-3-2-4-6-11/h7-9,11H,2-6H2,1H3. The summed E-state index contributed by atoms with van der Waals surface area (Å²) in [5.74, 6) is 0.604. The average molecular weight is 192 g/mol. The van der Waals surface area contributed by atoms with Gasteiger partial charge in [-0.15, -0.1) is 0 Å². The fourth-order valence-electron chi connectivity index (χ4n) is 2.36.